The lowest BCUT2D eigenvalue weighted by Gasteiger charge is -2.27. The van der Waals surface area contributed by atoms with E-state index in [0.717, 1.165) is 0 Å². The number of hydrogen-bond acceptors (Lipinski definition) is 6. The fourth-order valence-corrected chi connectivity index (χ4v) is 2.82. The first-order chi connectivity index (χ1) is 7.00. The van der Waals surface area contributed by atoms with Gasteiger partial charge >= 0.3 is 0 Å². The molecule has 2 aliphatic rings. The lowest BCUT2D eigenvalue weighted by Crippen LogP contribution is -2.45. The SMILES string of the molecule is C[C@@H]1[C@@H](O)[C@@H](O)[C@H]2[C@H](O)[C@@H](O)[C@H](CO)N21. The summed E-state index contributed by atoms with van der Waals surface area (Å²) in [7, 11) is 0. The predicted molar refractivity (Wildman–Crippen MR) is 50.0 cm³/mol. The molecular weight excluding hydrogens is 202 g/mol. The summed E-state index contributed by atoms with van der Waals surface area (Å²) in [6, 6.07) is -1.69. The van der Waals surface area contributed by atoms with Crippen LogP contribution in [0.5, 0.6) is 0 Å². The average molecular weight is 219 g/mol. The van der Waals surface area contributed by atoms with Crippen LogP contribution in [0.15, 0.2) is 0 Å². The molecule has 2 rings (SSSR count). The van der Waals surface area contributed by atoms with E-state index in [-0.39, 0.29) is 12.6 Å². The van der Waals surface area contributed by atoms with Crippen LogP contribution in [0.4, 0.5) is 0 Å². The fraction of sp³-hybridized carbons (Fsp3) is 1.00. The van der Waals surface area contributed by atoms with Gasteiger partial charge in [0.05, 0.1) is 43.1 Å². The van der Waals surface area contributed by atoms with E-state index in [9.17, 15) is 20.4 Å². The molecule has 0 saturated carbocycles. The van der Waals surface area contributed by atoms with Gasteiger partial charge in [-0.25, -0.2) is 0 Å². The van der Waals surface area contributed by atoms with E-state index in [2.05, 4.69) is 0 Å². The second-order valence-electron chi connectivity index (χ2n) is 4.39. The Bertz CT molecular complexity index is 251. The third-order valence-electron chi connectivity index (χ3n) is 3.67. The summed E-state index contributed by atoms with van der Waals surface area (Å²) in [6.45, 7) is 1.39. The topological polar surface area (TPSA) is 104 Å². The first-order valence-electron chi connectivity index (χ1n) is 5.11. The maximum atomic E-state index is 9.70. The smallest absolute Gasteiger partial charge is 0.0996 e. The van der Waals surface area contributed by atoms with Gasteiger partial charge in [-0.05, 0) is 6.92 Å². The minimum Gasteiger partial charge on any atom is -0.395 e. The molecule has 0 bridgehead atoms. The van der Waals surface area contributed by atoms with Gasteiger partial charge < -0.3 is 25.5 Å². The van der Waals surface area contributed by atoms with Crippen molar-refractivity contribution in [3.63, 3.8) is 0 Å². The summed E-state index contributed by atoms with van der Waals surface area (Å²) < 4.78 is 0. The Labute approximate surface area is 87.4 Å². The molecule has 15 heavy (non-hydrogen) atoms. The zero-order valence-electron chi connectivity index (χ0n) is 8.43. The quantitative estimate of drug-likeness (QED) is 0.319. The Kier molecular flexibility index (Phi) is 2.74. The van der Waals surface area contributed by atoms with E-state index >= 15 is 0 Å². The van der Waals surface area contributed by atoms with Crippen LogP contribution in [0.25, 0.3) is 0 Å². The monoisotopic (exact) mass is 219 g/mol. The van der Waals surface area contributed by atoms with Crippen molar-refractivity contribution in [2.24, 2.45) is 0 Å². The van der Waals surface area contributed by atoms with Gasteiger partial charge in [-0.3, -0.25) is 4.90 Å². The number of hydrogen-bond donors (Lipinski definition) is 5. The van der Waals surface area contributed by atoms with E-state index in [1.165, 1.54) is 0 Å². The summed E-state index contributed by atoms with van der Waals surface area (Å²) in [4.78, 5) is 1.60. The number of rotatable bonds is 1. The largest absolute Gasteiger partial charge is 0.395 e. The van der Waals surface area contributed by atoms with Crippen molar-refractivity contribution < 1.29 is 25.5 Å². The summed E-state index contributed by atoms with van der Waals surface area (Å²) in [5.74, 6) is 0. The van der Waals surface area contributed by atoms with Crippen LogP contribution in [0.3, 0.4) is 0 Å². The van der Waals surface area contributed by atoms with Crippen LogP contribution in [0.1, 0.15) is 6.92 Å². The molecule has 2 fully saturated rings. The highest BCUT2D eigenvalue weighted by atomic mass is 16.4. The van der Waals surface area contributed by atoms with E-state index in [4.69, 9.17) is 5.11 Å². The molecule has 5 N–H and O–H groups in total. The molecule has 0 aliphatic carbocycles. The average Bonchev–Trinajstić information content (AvgIpc) is 2.59. The van der Waals surface area contributed by atoms with Crippen LogP contribution in [0, 0.1) is 0 Å². The van der Waals surface area contributed by atoms with E-state index < -0.39 is 36.5 Å². The van der Waals surface area contributed by atoms with Crippen LogP contribution >= 0.6 is 0 Å². The Morgan fingerprint density at radius 3 is 2.00 bits per heavy atom. The summed E-state index contributed by atoms with van der Waals surface area (Å²) >= 11 is 0. The molecule has 0 amide bonds. The van der Waals surface area contributed by atoms with Gasteiger partial charge in [-0.15, -0.1) is 0 Å². The second kappa shape index (κ2) is 3.65. The number of nitrogens with zero attached hydrogens (tertiary/aromatic N) is 1. The molecule has 88 valence electrons. The minimum atomic E-state index is -1.13. The molecule has 0 aromatic heterocycles. The van der Waals surface area contributed by atoms with Crippen molar-refractivity contribution in [2.75, 3.05) is 6.61 Å². The lowest BCUT2D eigenvalue weighted by molar-refractivity contribution is -0.0321. The van der Waals surface area contributed by atoms with E-state index in [1.807, 2.05) is 0 Å². The standard InChI is InChI=1S/C9H17NO5/c1-3-6(12)8(14)5-9(15)7(13)4(2-11)10(3)5/h3-9,11-15H,2H2,1H3/t3-,4+,5+,6-,7+,8+,9+/m1/s1. The van der Waals surface area contributed by atoms with E-state index in [0.29, 0.717) is 0 Å². The van der Waals surface area contributed by atoms with Gasteiger partial charge in [0.25, 0.3) is 0 Å². The van der Waals surface area contributed by atoms with Crippen LogP contribution in [0.2, 0.25) is 0 Å². The highest BCUT2D eigenvalue weighted by Gasteiger charge is 2.59. The molecule has 7 atom stereocenters. The number of aliphatic hydroxyl groups is 5. The van der Waals surface area contributed by atoms with Crippen LogP contribution in [-0.2, 0) is 0 Å². The van der Waals surface area contributed by atoms with Gasteiger partial charge in [0.2, 0.25) is 0 Å². The van der Waals surface area contributed by atoms with Crippen molar-refractivity contribution in [1.29, 1.82) is 0 Å². The molecule has 0 spiro atoms. The van der Waals surface area contributed by atoms with Crippen LogP contribution < -0.4 is 0 Å². The molecule has 0 aromatic carbocycles. The molecule has 2 saturated heterocycles. The lowest BCUT2D eigenvalue weighted by atomic mass is 10.00. The van der Waals surface area contributed by atoms with Gasteiger partial charge in [-0.2, -0.15) is 0 Å². The van der Waals surface area contributed by atoms with Crippen molar-refractivity contribution in [3.8, 4) is 0 Å². The maximum absolute atomic E-state index is 9.70. The fourth-order valence-electron chi connectivity index (χ4n) is 2.82. The van der Waals surface area contributed by atoms with Crippen molar-refractivity contribution >= 4 is 0 Å². The normalized spacial score (nSPS) is 56.0. The Balaban J connectivity index is 2.29. The predicted octanol–water partition coefficient (Wildman–Crippen LogP) is -3.12. The van der Waals surface area contributed by atoms with Gasteiger partial charge in [0, 0.05) is 6.04 Å². The van der Waals surface area contributed by atoms with Crippen LogP contribution in [-0.4, -0.2) is 79.6 Å². The minimum absolute atomic E-state index is 0.307. The van der Waals surface area contributed by atoms with Crippen molar-refractivity contribution in [3.05, 3.63) is 0 Å². The summed E-state index contributed by atoms with van der Waals surface area (Å²) in [5.41, 5.74) is 0. The molecule has 0 aromatic rings. The highest BCUT2D eigenvalue weighted by Crippen LogP contribution is 2.37. The summed E-state index contributed by atoms with van der Waals surface area (Å²) in [6.07, 6.45) is -4.24. The third-order valence-corrected chi connectivity index (χ3v) is 3.67. The first-order valence-corrected chi connectivity index (χ1v) is 5.11. The first kappa shape index (κ1) is 11.3. The zero-order chi connectivity index (χ0) is 11.3. The third kappa shape index (κ3) is 1.33. The molecular formula is C9H17NO5. The second-order valence-corrected chi connectivity index (χ2v) is 4.39. The Hall–Kier alpha value is -0.240. The molecule has 0 radical (unpaired) electrons. The van der Waals surface area contributed by atoms with Crippen molar-refractivity contribution in [1.82, 2.24) is 4.90 Å². The highest BCUT2D eigenvalue weighted by molar-refractivity contribution is 5.12. The zero-order valence-corrected chi connectivity index (χ0v) is 8.43. The van der Waals surface area contributed by atoms with E-state index in [1.54, 1.807) is 11.8 Å². The summed E-state index contributed by atoms with van der Waals surface area (Å²) in [5, 5.41) is 47.8. The molecule has 6 heteroatoms. The van der Waals surface area contributed by atoms with Crippen molar-refractivity contribution in [2.45, 2.75) is 49.5 Å². The number of aliphatic hydroxyl groups excluding tert-OH is 5. The van der Waals surface area contributed by atoms with Gasteiger partial charge in [0.1, 0.15) is 0 Å². The Morgan fingerprint density at radius 2 is 1.47 bits per heavy atom. The Morgan fingerprint density at radius 1 is 0.933 bits per heavy atom. The molecule has 6 nitrogen and oxygen atoms in total. The molecule has 2 heterocycles. The molecule has 0 unspecified atom stereocenters. The van der Waals surface area contributed by atoms with Gasteiger partial charge in [0.15, 0.2) is 0 Å². The van der Waals surface area contributed by atoms with Gasteiger partial charge in [-0.1, -0.05) is 0 Å². The number of fused-ring (bicyclic) bond motifs is 1. The maximum Gasteiger partial charge on any atom is 0.0996 e. The molecule has 2 aliphatic heterocycles.